The van der Waals surface area contributed by atoms with Gasteiger partial charge in [-0.1, -0.05) is 12.1 Å². The third kappa shape index (κ3) is 4.22. The van der Waals surface area contributed by atoms with Gasteiger partial charge in [0.25, 0.3) is 0 Å². The van der Waals surface area contributed by atoms with Crippen molar-refractivity contribution in [2.45, 2.75) is 6.92 Å². The van der Waals surface area contributed by atoms with Gasteiger partial charge in [0.15, 0.2) is 11.5 Å². The maximum Gasteiger partial charge on any atom is 0.229 e. The molecular formula is C19H19BrN4O3. The molecule has 1 aromatic heterocycles. The van der Waals surface area contributed by atoms with Crippen LogP contribution in [-0.4, -0.2) is 29.3 Å². The Labute approximate surface area is 165 Å². The highest BCUT2D eigenvalue weighted by Gasteiger charge is 2.12. The summed E-state index contributed by atoms with van der Waals surface area (Å²) in [4.78, 5) is 8.75. The zero-order valence-electron chi connectivity index (χ0n) is 15.1. The Morgan fingerprint density at radius 3 is 2.56 bits per heavy atom. The number of nitrogens with one attached hydrogen (secondary N) is 2. The van der Waals surface area contributed by atoms with Crippen LogP contribution < -0.4 is 20.1 Å². The van der Waals surface area contributed by atoms with Gasteiger partial charge in [-0.15, -0.1) is 0 Å². The summed E-state index contributed by atoms with van der Waals surface area (Å²) in [5.41, 5.74) is 2.23. The van der Waals surface area contributed by atoms with Crippen molar-refractivity contribution < 1.29 is 14.6 Å². The van der Waals surface area contributed by atoms with Crippen LogP contribution in [0.4, 0.5) is 23.1 Å². The number of para-hydroxylation sites is 2. The lowest BCUT2D eigenvalue weighted by Gasteiger charge is -2.14. The largest absolute Gasteiger partial charge is 0.506 e. The van der Waals surface area contributed by atoms with Crippen molar-refractivity contribution in [3.8, 4) is 17.2 Å². The maximum absolute atomic E-state index is 9.94. The third-order valence-electron chi connectivity index (χ3n) is 3.82. The van der Waals surface area contributed by atoms with Crippen LogP contribution in [0.2, 0.25) is 0 Å². The number of hydrogen-bond acceptors (Lipinski definition) is 7. The van der Waals surface area contributed by atoms with E-state index in [-0.39, 0.29) is 5.75 Å². The summed E-state index contributed by atoms with van der Waals surface area (Å²) >= 11 is 3.42. The van der Waals surface area contributed by atoms with Crippen molar-refractivity contribution in [3.05, 3.63) is 52.6 Å². The van der Waals surface area contributed by atoms with Gasteiger partial charge in [0.2, 0.25) is 5.95 Å². The highest BCUT2D eigenvalue weighted by molar-refractivity contribution is 9.10. The molecule has 3 rings (SSSR count). The summed E-state index contributed by atoms with van der Waals surface area (Å²) in [7, 11) is 3.19. The van der Waals surface area contributed by atoms with Crippen LogP contribution >= 0.6 is 15.9 Å². The van der Waals surface area contributed by atoms with Crippen LogP contribution in [0, 0.1) is 6.92 Å². The molecule has 0 bridgehead atoms. The van der Waals surface area contributed by atoms with Crippen molar-refractivity contribution in [2.24, 2.45) is 0 Å². The average Bonchev–Trinajstić information content (AvgIpc) is 2.65. The summed E-state index contributed by atoms with van der Waals surface area (Å²) in [5, 5.41) is 16.2. The second-order valence-electron chi connectivity index (χ2n) is 5.69. The second kappa shape index (κ2) is 8.13. The molecule has 8 heteroatoms. The molecule has 0 unspecified atom stereocenters. The molecule has 0 saturated heterocycles. The number of anilines is 4. The minimum absolute atomic E-state index is 0.132. The molecule has 0 atom stereocenters. The number of hydrogen-bond donors (Lipinski definition) is 3. The molecule has 140 valence electrons. The van der Waals surface area contributed by atoms with Crippen LogP contribution in [0.25, 0.3) is 0 Å². The van der Waals surface area contributed by atoms with Gasteiger partial charge >= 0.3 is 0 Å². The number of rotatable bonds is 6. The standard InChI is InChI=1S/C19H19BrN4O3/c1-11-8-12(9-16(26-2)17(11)27-3)22-19-21-10-13(20)18(24-19)23-14-6-4-5-7-15(14)25/h4-10,25H,1-3H3,(H2,21,22,23,24). The highest BCUT2D eigenvalue weighted by Crippen LogP contribution is 2.35. The van der Waals surface area contributed by atoms with Gasteiger partial charge in [-0.05, 0) is 46.6 Å². The molecule has 7 nitrogen and oxygen atoms in total. The molecule has 0 aliphatic rings. The van der Waals surface area contributed by atoms with E-state index in [4.69, 9.17) is 9.47 Å². The Morgan fingerprint density at radius 1 is 1.07 bits per heavy atom. The van der Waals surface area contributed by atoms with E-state index in [0.29, 0.717) is 33.4 Å². The first kappa shape index (κ1) is 18.8. The van der Waals surface area contributed by atoms with E-state index < -0.39 is 0 Å². The highest BCUT2D eigenvalue weighted by atomic mass is 79.9. The van der Waals surface area contributed by atoms with Crippen molar-refractivity contribution in [1.29, 1.82) is 0 Å². The number of phenols is 1. The molecular weight excluding hydrogens is 412 g/mol. The molecule has 27 heavy (non-hydrogen) atoms. The summed E-state index contributed by atoms with van der Waals surface area (Å²) in [6.07, 6.45) is 1.63. The van der Waals surface area contributed by atoms with Crippen LogP contribution in [0.15, 0.2) is 47.1 Å². The van der Waals surface area contributed by atoms with E-state index in [2.05, 4.69) is 36.5 Å². The summed E-state index contributed by atoms with van der Waals surface area (Å²) in [6.45, 7) is 1.93. The molecule has 0 radical (unpaired) electrons. The second-order valence-corrected chi connectivity index (χ2v) is 6.54. The van der Waals surface area contributed by atoms with E-state index in [9.17, 15) is 5.11 Å². The SMILES string of the molecule is COc1cc(Nc2ncc(Br)c(Nc3ccccc3O)n2)cc(C)c1OC. The van der Waals surface area contributed by atoms with Crippen molar-refractivity contribution in [3.63, 3.8) is 0 Å². The van der Waals surface area contributed by atoms with Gasteiger partial charge in [-0.3, -0.25) is 0 Å². The molecule has 2 aromatic carbocycles. The van der Waals surface area contributed by atoms with E-state index in [1.54, 1.807) is 38.6 Å². The van der Waals surface area contributed by atoms with E-state index in [1.165, 1.54) is 0 Å². The predicted octanol–water partition coefficient (Wildman–Crippen LogP) is 4.76. The van der Waals surface area contributed by atoms with Gasteiger partial charge in [0.05, 0.1) is 24.4 Å². The lowest BCUT2D eigenvalue weighted by molar-refractivity contribution is 0.353. The number of methoxy groups -OCH3 is 2. The van der Waals surface area contributed by atoms with Crippen LogP contribution in [0.1, 0.15) is 5.56 Å². The summed E-state index contributed by atoms with van der Waals surface area (Å²) < 4.78 is 11.4. The first-order valence-electron chi connectivity index (χ1n) is 8.09. The molecule has 0 amide bonds. The maximum atomic E-state index is 9.94. The Balaban J connectivity index is 1.88. The summed E-state index contributed by atoms with van der Waals surface area (Å²) in [6, 6.07) is 10.7. The van der Waals surface area contributed by atoms with E-state index in [0.717, 1.165) is 11.3 Å². The number of ether oxygens (including phenoxy) is 2. The molecule has 0 fully saturated rings. The lowest BCUT2D eigenvalue weighted by Crippen LogP contribution is -2.02. The molecule has 0 spiro atoms. The van der Waals surface area contributed by atoms with Gasteiger partial charge in [-0.2, -0.15) is 4.98 Å². The smallest absolute Gasteiger partial charge is 0.229 e. The molecule has 0 aliphatic heterocycles. The van der Waals surface area contributed by atoms with Crippen LogP contribution in [0.3, 0.4) is 0 Å². The molecule has 3 aromatic rings. The van der Waals surface area contributed by atoms with Gasteiger partial charge in [0.1, 0.15) is 11.6 Å². The molecule has 3 N–H and O–H groups in total. The minimum Gasteiger partial charge on any atom is -0.506 e. The predicted molar refractivity (Wildman–Crippen MR) is 109 cm³/mol. The number of aromatic hydroxyl groups is 1. The fourth-order valence-corrected chi connectivity index (χ4v) is 2.87. The van der Waals surface area contributed by atoms with Gasteiger partial charge < -0.3 is 25.2 Å². The Morgan fingerprint density at radius 2 is 1.85 bits per heavy atom. The zero-order chi connectivity index (χ0) is 19.4. The van der Waals surface area contributed by atoms with Crippen LogP contribution in [-0.2, 0) is 0 Å². The van der Waals surface area contributed by atoms with Crippen molar-refractivity contribution in [1.82, 2.24) is 9.97 Å². The molecule has 0 aliphatic carbocycles. The lowest BCUT2D eigenvalue weighted by atomic mass is 10.2. The van der Waals surface area contributed by atoms with E-state index >= 15 is 0 Å². The number of halogens is 1. The van der Waals surface area contributed by atoms with Crippen LogP contribution in [0.5, 0.6) is 17.2 Å². The number of aryl methyl sites for hydroxylation is 1. The topological polar surface area (TPSA) is 88.5 Å². The number of benzene rings is 2. The van der Waals surface area contributed by atoms with Crippen molar-refractivity contribution in [2.75, 3.05) is 24.9 Å². The summed E-state index contributed by atoms with van der Waals surface area (Å²) in [5.74, 6) is 2.34. The number of phenolic OH excluding ortho intramolecular Hbond substituents is 1. The Kier molecular flexibility index (Phi) is 5.66. The number of aromatic nitrogens is 2. The normalized spacial score (nSPS) is 10.4. The Hall–Kier alpha value is -3.00. The van der Waals surface area contributed by atoms with E-state index in [1.807, 2.05) is 25.1 Å². The minimum atomic E-state index is 0.132. The first-order valence-corrected chi connectivity index (χ1v) is 8.88. The fraction of sp³-hybridized carbons (Fsp3) is 0.158. The quantitative estimate of drug-likeness (QED) is 0.485. The molecule has 0 saturated carbocycles. The monoisotopic (exact) mass is 430 g/mol. The average molecular weight is 431 g/mol. The van der Waals surface area contributed by atoms with Gasteiger partial charge in [0, 0.05) is 18.0 Å². The first-order chi connectivity index (χ1) is 13.0. The molecule has 1 heterocycles. The Bertz CT molecular complexity index is 966. The van der Waals surface area contributed by atoms with Crippen molar-refractivity contribution >= 4 is 39.1 Å². The zero-order valence-corrected chi connectivity index (χ0v) is 16.7. The third-order valence-corrected chi connectivity index (χ3v) is 4.40. The van der Waals surface area contributed by atoms with Gasteiger partial charge in [-0.25, -0.2) is 4.98 Å². The number of nitrogens with zero attached hydrogens (tertiary/aromatic N) is 2. The fourth-order valence-electron chi connectivity index (χ4n) is 2.58.